The molecule has 4 aromatic carbocycles. The summed E-state index contributed by atoms with van der Waals surface area (Å²) in [4.78, 5) is 17.8. The number of rotatable bonds is 13. The Morgan fingerprint density at radius 1 is 0.696 bits per heavy atom. The summed E-state index contributed by atoms with van der Waals surface area (Å²) >= 11 is 0. The summed E-state index contributed by atoms with van der Waals surface area (Å²) in [6.07, 6.45) is 2.37. The maximum Gasteiger partial charge on any atom is 0.331 e. The van der Waals surface area contributed by atoms with E-state index in [1.807, 2.05) is 121 Å². The Labute approximate surface area is 267 Å². The summed E-state index contributed by atoms with van der Waals surface area (Å²) in [7, 11) is -1.82. The van der Waals surface area contributed by atoms with Gasteiger partial charge in [-0.2, -0.15) is 5.10 Å². The fourth-order valence-electron chi connectivity index (χ4n) is 4.97. The Morgan fingerprint density at radius 2 is 1.24 bits per heavy atom. The Bertz CT molecular complexity index is 1950. The first-order valence-corrected chi connectivity index (χ1v) is 16.8. The Balaban J connectivity index is 1.20. The van der Waals surface area contributed by atoms with Gasteiger partial charge in [0.15, 0.2) is 0 Å². The SMILES string of the molecule is Cn1ncc2cc(-c3ccc(CCP(=O)(OCc4ccccc4)OCc4ccccc4)cc3)nc(OCc3ccccc3)c2c1=O. The molecule has 0 N–H and O–H groups in total. The van der Waals surface area contributed by atoms with E-state index in [1.165, 1.54) is 4.68 Å². The van der Waals surface area contributed by atoms with Gasteiger partial charge in [-0.15, -0.1) is 0 Å². The lowest BCUT2D eigenvalue weighted by Gasteiger charge is -2.19. The van der Waals surface area contributed by atoms with Gasteiger partial charge in [0, 0.05) is 18.0 Å². The third-order valence-corrected chi connectivity index (χ3v) is 9.39. The van der Waals surface area contributed by atoms with Crippen LogP contribution in [-0.4, -0.2) is 20.9 Å². The van der Waals surface area contributed by atoms with Crippen molar-refractivity contribution in [1.29, 1.82) is 0 Å². The molecule has 6 aromatic rings. The molecule has 46 heavy (non-hydrogen) atoms. The molecule has 0 spiro atoms. The van der Waals surface area contributed by atoms with Crippen LogP contribution in [0, 0.1) is 0 Å². The molecule has 0 amide bonds. The fraction of sp³-hybridized carbons (Fsp3) is 0.162. The van der Waals surface area contributed by atoms with Crippen molar-refractivity contribution in [3.8, 4) is 17.1 Å². The standard InChI is InChI=1S/C37H34N3O5P/c1-40-37(41)35-33(24-38-40)23-34(39-36(35)43-25-29-11-5-2-6-12-29)32-19-17-28(18-20-32)21-22-46(42,44-26-30-13-7-3-8-14-30)45-27-31-15-9-4-10-16-31/h2-20,23-24H,21-22,25-27H2,1H3. The summed E-state index contributed by atoms with van der Waals surface area (Å²) < 4.78 is 33.2. The topological polar surface area (TPSA) is 92.5 Å². The Kier molecular flexibility index (Phi) is 9.79. The van der Waals surface area contributed by atoms with Gasteiger partial charge >= 0.3 is 7.60 Å². The van der Waals surface area contributed by atoms with Crippen molar-refractivity contribution >= 4 is 18.4 Å². The predicted octanol–water partition coefficient (Wildman–Crippen LogP) is 7.74. The van der Waals surface area contributed by atoms with E-state index in [0.29, 0.717) is 22.9 Å². The van der Waals surface area contributed by atoms with Gasteiger partial charge < -0.3 is 13.8 Å². The number of benzene rings is 4. The molecule has 9 heteroatoms. The number of ether oxygens (including phenoxy) is 1. The van der Waals surface area contributed by atoms with Crippen LogP contribution in [0.15, 0.2) is 132 Å². The van der Waals surface area contributed by atoms with E-state index >= 15 is 0 Å². The number of fused-ring (bicyclic) bond motifs is 1. The van der Waals surface area contributed by atoms with Crippen molar-refractivity contribution in [2.75, 3.05) is 6.16 Å². The van der Waals surface area contributed by atoms with Crippen LogP contribution < -0.4 is 10.3 Å². The second-order valence-corrected chi connectivity index (χ2v) is 13.1. The second kappa shape index (κ2) is 14.5. The molecule has 0 aliphatic heterocycles. The number of aryl methyl sites for hydroxylation is 2. The monoisotopic (exact) mass is 631 g/mol. The molecular formula is C37H34N3O5P. The summed E-state index contributed by atoms with van der Waals surface area (Å²) in [5, 5.41) is 5.23. The molecular weight excluding hydrogens is 597 g/mol. The number of pyridine rings is 1. The molecule has 0 saturated carbocycles. The van der Waals surface area contributed by atoms with Gasteiger partial charge in [0.05, 0.1) is 31.3 Å². The van der Waals surface area contributed by atoms with Crippen molar-refractivity contribution in [3.63, 3.8) is 0 Å². The molecule has 0 saturated heterocycles. The number of aromatic nitrogens is 3. The normalized spacial score (nSPS) is 11.5. The summed E-state index contributed by atoms with van der Waals surface area (Å²) in [5.74, 6) is 0.260. The highest BCUT2D eigenvalue weighted by molar-refractivity contribution is 7.53. The zero-order chi connectivity index (χ0) is 31.8. The van der Waals surface area contributed by atoms with E-state index in [0.717, 1.165) is 27.8 Å². The highest BCUT2D eigenvalue weighted by atomic mass is 31.2. The fourth-order valence-corrected chi connectivity index (χ4v) is 6.52. The summed E-state index contributed by atoms with van der Waals surface area (Å²) in [6.45, 7) is 0.674. The molecule has 0 aliphatic carbocycles. The number of hydrogen-bond donors (Lipinski definition) is 0. The predicted molar refractivity (Wildman–Crippen MR) is 180 cm³/mol. The molecule has 0 radical (unpaired) electrons. The quantitative estimate of drug-likeness (QED) is 0.120. The maximum atomic E-state index is 13.9. The van der Waals surface area contributed by atoms with Crippen molar-refractivity contribution in [2.45, 2.75) is 26.2 Å². The third kappa shape index (κ3) is 7.85. The second-order valence-electron chi connectivity index (χ2n) is 10.9. The van der Waals surface area contributed by atoms with Crippen LogP contribution in [0.5, 0.6) is 5.88 Å². The van der Waals surface area contributed by atoms with Gasteiger partial charge in [-0.25, -0.2) is 9.67 Å². The molecule has 0 bridgehead atoms. The molecule has 2 aromatic heterocycles. The van der Waals surface area contributed by atoms with Crippen LogP contribution in [0.25, 0.3) is 22.0 Å². The van der Waals surface area contributed by atoms with Crippen LogP contribution in [-0.2, 0) is 46.9 Å². The molecule has 0 fully saturated rings. The number of nitrogens with zero attached hydrogens (tertiary/aromatic N) is 3. The van der Waals surface area contributed by atoms with Crippen LogP contribution in [0.3, 0.4) is 0 Å². The molecule has 0 atom stereocenters. The zero-order valence-electron chi connectivity index (χ0n) is 25.5. The Morgan fingerprint density at radius 3 is 1.80 bits per heavy atom. The molecule has 232 valence electrons. The van der Waals surface area contributed by atoms with E-state index < -0.39 is 7.60 Å². The van der Waals surface area contributed by atoms with E-state index in [9.17, 15) is 9.36 Å². The first kappa shape index (κ1) is 31.1. The highest BCUT2D eigenvalue weighted by Gasteiger charge is 2.25. The molecule has 0 unspecified atom stereocenters. The maximum absolute atomic E-state index is 13.9. The molecule has 2 heterocycles. The van der Waals surface area contributed by atoms with Crippen molar-refractivity contribution in [3.05, 3.63) is 160 Å². The zero-order valence-corrected chi connectivity index (χ0v) is 26.4. The Hall–Kier alpha value is -4.88. The van der Waals surface area contributed by atoms with Crippen molar-refractivity contribution in [2.24, 2.45) is 7.05 Å². The van der Waals surface area contributed by atoms with E-state index in [1.54, 1.807) is 13.2 Å². The minimum absolute atomic E-state index is 0.201. The largest absolute Gasteiger partial charge is 0.472 e. The lowest BCUT2D eigenvalue weighted by atomic mass is 10.1. The first-order valence-electron chi connectivity index (χ1n) is 15.0. The van der Waals surface area contributed by atoms with Crippen LogP contribution in [0.1, 0.15) is 22.3 Å². The van der Waals surface area contributed by atoms with Gasteiger partial charge in [-0.3, -0.25) is 9.36 Å². The van der Waals surface area contributed by atoms with Crippen molar-refractivity contribution in [1.82, 2.24) is 14.8 Å². The van der Waals surface area contributed by atoms with Crippen LogP contribution >= 0.6 is 7.60 Å². The lowest BCUT2D eigenvalue weighted by molar-refractivity contribution is 0.191. The minimum atomic E-state index is -3.43. The van der Waals surface area contributed by atoms with Crippen LogP contribution in [0.4, 0.5) is 0 Å². The molecule has 6 rings (SSSR count). The lowest BCUT2D eigenvalue weighted by Crippen LogP contribution is -2.20. The average Bonchev–Trinajstić information content (AvgIpc) is 3.11. The van der Waals surface area contributed by atoms with E-state index in [-0.39, 0.29) is 37.4 Å². The van der Waals surface area contributed by atoms with Gasteiger partial charge in [-0.05, 0) is 34.7 Å². The number of hydrogen-bond acceptors (Lipinski definition) is 7. The first-order chi connectivity index (χ1) is 22.5. The van der Waals surface area contributed by atoms with E-state index in [2.05, 4.69) is 5.10 Å². The summed E-state index contributed by atoms with van der Waals surface area (Å²) in [5.41, 5.74) is 5.03. The van der Waals surface area contributed by atoms with Crippen molar-refractivity contribution < 1.29 is 18.3 Å². The van der Waals surface area contributed by atoms with Gasteiger partial charge in [0.2, 0.25) is 5.88 Å². The molecule has 0 aliphatic rings. The minimum Gasteiger partial charge on any atom is -0.472 e. The third-order valence-electron chi connectivity index (χ3n) is 7.58. The highest BCUT2D eigenvalue weighted by Crippen LogP contribution is 2.50. The summed E-state index contributed by atoms with van der Waals surface area (Å²) in [6, 6.07) is 38.8. The molecule has 8 nitrogen and oxygen atoms in total. The van der Waals surface area contributed by atoms with Gasteiger partial charge in [0.25, 0.3) is 5.56 Å². The van der Waals surface area contributed by atoms with Gasteiger partial charge in [-0.1, -0.05) is 115 Å². The average molecular weight is 632 g/mol. The smallest absolute Gasteiger partial charge is 0.331 e. The van der Waals surface area contributed by atoms with E-state index in [4.69, 9.17) is 18.8 Å². The van der Waals surface area contributed by atoms with Gasteiger partial charge in [0.1, 0.15) is 12.0 Å². The van der Waals surface area contributed by atoms with Crippen LogP contribution in [0.2, 0.25) is 0 Å².